The molecule has 2 fully saturated rings. The van der Waals surface area contributed by atoms with E-state index >= 15 is 0 Å². The maximum absolute atomic E-state index is 6.27. The Morgan fingerprint density at radius 1 is 1.38 bits per heavy atom. The van der Waals surface area contributed by atoms with Crippen molar-refractivity contribution in [1.29, 1.82) is 0 Å². The predicted octanol–water partition coefficient (Wildman–Crippen LogP) is 2.85. The molecule has 2 aliphatic rings. The molecule has 116 valence electrons. The number of rotatable bonds is 5. The van der Waals surface area contributed by atoms with Crippen molar-refractivity contribution in [2.45, 2.75) is 45.4 Å². The van der Waals surface area contributed by atoms with Gasteiger partial charge in [0.25, 0.3) is 0 Å². The lowest BCUT2D eigenvalue weighted by molar-refractivity contribution is 0.0302. The minimum absolute atomic E-state index is 0.378. The summed E-state index contributed by atoms with van der Waals surface area (Å²) in [7, 11) is 0. The molecule has 0 radical (unpaired) electrons. The first-order valence-electron chi connectivity index (χ1n) is 7.87. The third-order valence-electron chi connectivity index (χ3n) is 4.16. The summed E-state index contributed by atoms with van der Waals surface area (Å²) in [5.74, 6) is 1.67. The second-order valence-electron chi connectivity index (χ2n) is 6.52. The highest BCUT2D eigenvalue weighted by Gasteiger charge is 2.34. The van der Waals surface area contributed by atoms with Crippen LogP contribution in [0.3, 0.4) is 0 Å². The molecule has 2 bridgehead atoms. The number of anilines is 1. The van der Waals surface area contributed by atoms with E-state index < -0.39 is 0 Å². The average Bonchev–Trinajstić information content (AvgIpc) is 2.79. The molecule has 5 heteroatoms. The van der Waals surface area contributed by atoms with E-state index in [4.69, 9.17) is 16.3 Å². The van der Waals surface area contributed by atoms with Crippen LogP contribution in [0.25, 0.3) is 0 Å². The van der Waals surface area contributed by atoms with Crippen LogP contribution in [0, 0.1) is 5.92 Å². The molecule has 0 spiro atoms. The van der Waals surface area contributed by atoms with Gasteiger partial charge in [-0.05, 0) is 36.9 Å². The third-order valence-corrected chi connectivity index (χ3v) is 4.50. The van der Waals surface area contributed by atoms with Crippen LogP contribution in [0.15, 0.2) is 12.3 Å². The van der Waals surface area contributed by atoms with Crippen LogP contribution in [-0.4, -0.2) is 36.8 Å². The van der Waals surface area contributed by atoms with Gasteiger partial charge in [-0.15, -0.1) is 0 Å². The number of hydrogen-bond acceptors (Lipinski definition) is 4. The van der Waals surface area contributed by atoms with E-state index in [0.717, 1.165) is 42.6 Å². The Kier molecular flexibility index (Phi) is 4.67. The number of fused-ring (bicyclic) bond motifs is 2. The zero-order valence-electron chi connectivity index (χ0n) is 12.8. The van der Waals surface area contributed by atoms with Gasteiger partial charge in [-0.3, -0.25) is 0 Å². The molecule has 3 heterocycles. The number of nitrogens with zero attached hydrogens (tertiary/aromatic N) is 2. The molecule has 2 unspecified atom stereocenters. The molecule has 1 aromatic rings. The summed E-state index contributed by atoms with van der Waals surface area (Å²) >= 11 is 6.27. The van der Waals surface area contributed by atoms with Gasteiger partial charge in [0, 0.05) is 25.8 Å². The summed E-state index contributed by atoms with van der Waals surface area (Å²) in [4.78, 5) is 6.85. The van der Waals surface area contributed by atoms with Crippen molar-refractivity contribution in [3.8, 4) is 0 Å². The first-order chi connectivity index (χ1) is 10.1. The standard InChI is InChI=1S/C16H24ClN3O/c1-11(2)6-18-7-12-5-16(19-8-15(12)17)20-9-13-3-4-14(10-20)21-13/h5,8,11,13-14,18H,3-4,6-7,9-10H2,1-2H3. The summed E-state index contributed by atoms with van der Waals surface area (Å²) in [6, 6.07) is 2.13. The monoisotopic (exact) mass is 309 g/mol. The summed E-state index contributed by atoms with van der Waals surface area (Å²) in [6.45, 7) is 8.10. The fourth-order valence-electron chi connectivity index (χ4n) is 3.07. The van der Waals surface area contributed by atoms with E-state index in [2.05, 4.69) is 35.1 Å². The lowest BCUT2D eigenvalue weighted by Crippen LogP contribution is -2.43. The molecule has 4 nitrogen and oxygen atoms in total. The van der Waals surface area contributed by atoms with Crippen LogP contribution in [-0.2, 0) is 11.3 Å². The fraction of sp³-hybridized carbons (Fsp3) is 0.688. The lowest BCUT2D eigenvalue weighted by atomic mass is 10.2. The topological polar surface area (TPSA) is 37.4 Å². The lowest BCUT2D eigenvalue weighted by Gasteiger charge is -2.33. The first kappa shape index (κ1) is 15.1. The summed E-state index contributed by atoms with van der Waals surface area (Å²) in [6.07, 6.45) is 4.89. The van der Waals surface area contributed by atoms with Crippen molar-refractivity contribution < 1.29 is 4.74 Å². The molecule has 3 rings (SSSR count). The maximum atomic E-state index is 6.27. The number of hydrogen-bond donors (Lipinski definition) is 1. The van der Waals surface area contributed by atoms with Crippen LogP contribution in [0.1, 0.15) is 32.3 Å². The number of ether oxygens (including phenoxy) is 1. The van der Waals surface area contributed by atoms with Crippen molar-refractivity contribution in [3.05, 3.63) is 22.8 Å². The zero-order valence-corrected chi connectivity index (χ0v) is 13.6. The van der Waals surface area contributed by atoms with Crippen LogP contribution in [0.2, 0.25) is 5.02 Å². The largest absolute Gasteiger partial charge is 0.371 e. The minimum Gasteiger partial charge on any atom is -0.371 e. The van der Waals surface area contributed by atoms with Gasteiger partial charge in [-0.25, -0.2) is 4.98 Å². The number of nitrogens with one attached hydrogen (secondary N) is 1. The quantitative estimate of drug-likeness (QED) is 0.907. The van der Waals surface area contributed by atoms with Crippen LogP contribution in [0.4, 0.5) is 5.82 Å². The predicted molar refractivity (Wildman–Crippen MR) is 85.9 cm³/mol. The Labute approximate surface area is 131 Å². The van der Waals surface area contributed by atoms with Gasteiger partial charge in [0.1, 0.15) is 5.82 Å². The molecular formula is C16H24ClN3O. The highest BCUT2D eigenvalue weighted by molar-refractivity contribution is 6.31. The fourth-order valence-corrected chi connectivity index (χ4v) is 3.24. The minimum atomic E-state index is 0.378. The van der Waals surface area contributed by atoms with Gasteiger partial charge < -0.3 is 15.0 Å². The highest BCUT2D eigenvalue weighted by Crippen LogP contribution is 2.30. The molecule has 0 saturated carbocycles. The van der Waals surface area contributed by atoms with Gasteiger partial charge in [0.15, 0.2) is 0 Å². The van der Waals surface area contributed by atoms with E-state index in [0.29, 0.717) is 18.1 Å². The van der Waals surface area contributed by atoms with Gasteiger partial charge in [0.05, 0.1) is 17.2 Å². The summed E-state index contributed by atoms with van der Waals surface area (Å²) in [5, 5.41) is 4.19. The number of pyridine rings is 1. The van der Waals surface area contributed by atoms with Crippen molar-refractivity contribution in [2.24, 2.45) is 5.92 Å². The molecule has 2 aliphatic heterocycles. The molecule has 0 aliphatic carbocycles. The van der Waals surface area contributed by atoms with Gasteiger partial charge in [-0.1, -0.05) is 25.4 Å². The Balaban J connectivity index is 1.68. The average molecular weight is 310 g/mol. The third kappa shape index (κ3) is 3.68. The molecule has 21 heavy (non-hydrogen) atoms. The van der Waals surface area contributed by atoms with E-state index in [9.17, 15) is 0 Å². The highest BCUT2D eigenvalue weighted by atomic mass is 35.5. The van der Waals surface area contributed by atoms with Crippen molar-refractivity contribution >= 4 is 17.4 Å². The van der Waals surface area contributed by atoms with E-state index in [-0.39, 0.29) is 0 Å². The van der Waals surface area contributed by atoms with Crippen LogP contribution < -0.4 is 10.2 Å². The smallest absolute Gasteiger partial charge is 0.129 e. The number of halogens is 1. The summed E-state index contributed by atoms with van der Waals surface area (Å²) in [5.41, 5.74) is 1.13. The Bertz CT molecular complexity index is 482. The van der Waals surface area contributed by atoms with Gasteiger partial charge in [-0.2, -0.15) is 0 Å². The molecule has 2 saturated heterocycles. The van der Waals surface area contributed by atoms with E-state index in [1.807, 2.05) is 0 Å². The zero-order chi connectivity index (χ0) is 14.8. The van der Waals surface area contributed by atoms with E-state index in [1.165, 1.54) is 12.8 Å². The molecule has 0 aromatic carbocycles. The van der Waals surface area contributed by atoms with Crippen LogP contribution >= 0.6 is 11.6 Å². The van der Waals surface area contributed by atoms with Crippen molar-refractivity contribution in [2.75, 3.05) is 24.5 Å². The normalized spacial score (nSPS) is 24.9. The van der Waals surface area contributed by atoms with Crippen molar-refractivity contribution in [1.82, 2.24) is 10.3 Å². The van der Waals surface area contributed by atoms with Gasteiger partial charge >= 0.3 is 0 Å². The first-order valence-corrected chi connectivity index (χ1v) is 8.25. The molecule has 1 aromatic heterocycles. The van der Waals surface area contributed by atoms with Gasteiger partial charge in [0.2, 0.25) is 0 Å². The van der Waals surface area contributed by atoms with E-state index in [1.54, 1.807) is 6.20 Å². The second kappa shape index (κ2) is 6.51. The Hall–Kier alpha value is -0.840. The van der Waals surface area contributed by atoms with Crippen molar-refractivity contribution in [3.63, 3.8) is 0 Å². The number of aromatic nitrogens is 1. The Morgan fingerprint density at radius 3 is 2.76 bits per heavy atom. The molecule has 0 amide bonds. The molecular weight excluding hydrogens is 286 g/mol. The summed E-state index contributed by atoms with van der Waals surface area (Å²) < 4.78 is 5.89. The number of morpholine rings is 1. The SMILES string of the molecule is CC(C)CNCc1cc(N2CC3CCC(C2)O3)ncc1Cl. The maximum Gasteiger partial charge on any atom is 0.129 e. The molecule has 1 N–H and O–H groups in total. The Morgan fingerprint density at radius 2 is 2.10 bits per heavy atom. The van der Waals surface area contributed by atoms with Crippen LogP contribution in [0.5, 0.6) is 0 Å². The second-order valence-corrected chi connectivity index (χ2v) is 6.93. The molecule has 2 atom stereocenters.